The van der Waals surface area contributed by atoms with Gasteiger partial charge in [-0.2, -0.15) is 0 Å². The quantitative estimate of drug-likeness (QED) is 0.739. The topological polar surface area (TPSA) is 61.9 Å². The molecule has 0 radical (unpaired) electrons. The second-order valence-electron chi connectivity index (χ2n) is 7.08. The first-order chi connectivity index (χ1) is 14.2. The number of likely N-dealkylation sites (N-methyl/N-ethyl adjacent to an activating group) is 1. The minimum Gasteiger partial charge on any atom is -0.405 e. The van der Waals surface area contributed by atoms with Crippen LogP contribution in [0.25, 0.3) is 0 Å². The Morgan fingerprint density at radius 2 is 1.97 bits per heavy atom. The number of para-hydroxylation sites is 1. The molecule has 6 nitrogen and oxygen atoms in total. The van der Waals surface area contributed by atoms with Crippen molar-refractivity contribution in [2.24, 2.45) is 0 Å². The zero-order valence-corrected chi connectivity index (χ0v) is 16.4. The zero-order valence-electron chi connectivity index (χ0n) is 16.4. The zero-order chi connectivity index (χ0) is 21.7. The summed E-state index contributed by atoms with van der Waals surface area (Å²) in [5.74, 6) is -0.560. The van der Waals surface area contributed by atoms with Crippen molar-refractivity contribution in [2.45, 2.75) is 25.7 Å². The fraction of sp³-hybridized carbons (Fsp3) is 0.333. The molecule has 0 aliphatic carbocycles. The molecular formula is C21H22F3N3O3. The van der Waals surface area contributed by atoms with Crippen LogP contribution in [-0.2, 0) is 16.1 Å². The number of carbonyl (C=O) groups is 2. The Morgan fingerprint density at radius 1 is 1.20 bits per heavy atom. The lowest BCUT2D eigenvalue weighted by molar-refractivity contribution is -0.275. The minimum atomic E-state index is -4.78. The molecule has 0 bridgehead atoms. The summed E-state index contributed by atoms with van der Waals surface area (Å²) in [5, 5.41) is 2.76. The summed E-state index contributed by atoms with van der Waals surface area (Å²) in [7, 11) is 1.63. The molecule has 9 heteroatoms. The number of alkyl halides is 3. The summed E-state index contributed by atoms with van der Waals surface area (Å²) in [5.41, 5.74) is 1.59. The molecule has 2 aromatic carbocycles. The largest absolute Gasteiger partial charge is 0.573 e. The molecule has 1 fully saturated rings. The molecule has 1 saturated heterocycles. The number of amides is 2. The average Bonchev–Trinajstić information content (AvgIpc) is 3.08. The molecule has 30 heavy (non-hydrogen) atoms. The van der Waals surface area contributed by atoms with Crippen LogP contribution < -0.4 is 15.0 Å². The third-order valence-electron chi connectivity index (χ3n) is 4.57. The number of hydrogen-bond acceptors (Lipinski definition) is 4. The van der Waals surface area contributed by atoms with E-state index in [1.165, 1.54) is 18.2 Å². The molecule has 0 unspecified atom stereocenters. The first-order valence-electron chi connectivity index (χ1n) is 9.44. The van der Waals surface area contributed by atoms with Gasteiger partial charge in [-0.1, -0.05) is 24.3 Å². The van der Waals surface area contributed by atoms with Crippen LogP contribution in [0.3, 0.4) is 0 Å². The average molecular weight is 421 g/mol. The molecular weight excluding hydrogens is 399 g/mol. The Balaban J connectivity index is 1.59. The van der Waals surface area contributed by atoms with Crippen molar-refractivity contribution in [3.63, 3.8) is 0 Å². The molecule has 0 aromatic heterocycles. The first-order valence-corrected chi connectivity index (χ1v) is 9.44. The van der Waals surface area contributed by atoms with Crippen LogP contribution in [0.15, 0.2) is 48.5 Å². The van der Waals surface area contributed by atoms with Crippen molar-refractivity contribution < 1.29 is 27.5 Å². The lowest BCUT2D eigenvalue weighted by Crippen LogP contribution is -2.30. The van der Waals surface area contributed by atoms with Gasteiger partial charge >= 0.3 is 6.36 Å². The van der Waals surface area contributed by atoms with Crippen LogP contribution in [0.2, 0.25) is 0 Å². The van der Waals surface area contributed by atoms with E-state index in [1.807, 2.05) is 6.07 Å². The molecule has 2 amide bonds. The molecule has 0 spiro atoms. The van der Waals surface area contributed by atoms with E-state index in [0.717, 1.165) is 12.1 Å². The fourth-order valence-electron chi connectivity index (χ4n) is 3.32. The third-order valence-corrected chi connectivity index (χ3v) is 4.57. The van der Waals surface area contributed by atoms with E-state index in [0.29, 0.717) is 24.2 Å². The van der Waals surface area contributed by atoms with Crippen molar-refractivity contribution in [3.8, 4) is 5.75 Å². The van der Waals surface area contributed by atoms with Crippen LogP contribution in [0, 0.1) is 0 Å². The molecule has 2 aromatic rings. The standard InChI is InChI=1S/C21H22F3N3O3/c1-26(13-15-6-2-3-9-18(15)30-21(22,23)24)14-19(28)25-16-7-4-8-17(12-16)27-11-5-10-20(27)29/h2-4,6-9,12H,5,10-11,13-14H2,1H3,(H,25,28). The number of nitrogens with one attached hydrogen (secondary N) is 1. The number of hydrogen-bond donors (Lipinski definition) is 1. The molecule has 0 atom stereocenters. The highest BCUT2D eigenvalue weighted by Crippen LogP contribution is 2.27. The Morgan fingerprint density at radius 3 is 2.67 bits per heavy atom. The molecule has 0 saturated carbocycles. The van der Waals surface area contributed by atoms with E-state index in [9.17, 15) is 22.8 Å². The van der Waals surface area contributed by atoms with Gasteiger partial charge in [-0.25, -0.2) is 0 Å². The van der Waals surface area contributed by atoms with Crippen LogP contribution in [-0.4, -0.2) is 43.2 Å². The van der Waals surface area contributed by atoms with Gasteiger partial charge in [0.15, 0.2) is 0 Å². The van der Waals surface area contributed by atoms with Crippen LogP contribution >= 0.6 is 0 Å². The smallest absolute Gasteiger partial charge is 0.405 e. The van der Waals surface area contributed by atoms with Crippen LogP contribution in [0.1, 0.15) is 18.4 Å². The van der Waals surface area contributed by atoms with E-state index in [-0.39, 0.29) is 30.7 Å². The lowest BCUT2D eigenvalue weighted by atomic mass is 10.2. The van der Waals surface area contributed by atoms with Gasteiger partial charge in [0.1, 0.15) is 5.75 Å². The Kier molecular flexibility index (Phi) is 6.61. The maximum Gasteiger partial charge on any atom is 0.573 e. The number of ether oxygens (including phenoxy) is 1. The summed E-state index contributed by atoms with van der Waals surface area (Å²) >= 11 is 0. The molecule has 3 rings (SSSR count). The molecule has 160 valence electrons. The second kappa shape index (κ2) is 9.17. The van der Waals surface area contributed by atoms with Crippen molar-refractivity contribution in [2.75, 3.05) is 30.4 Å². The number of carbonyl (C=O) groups excluding carboxylic acids is 2. The van der Waals surface area contributed by atoms with Gasteiger partial charge in [-0.15, -0.1) is 13.2 Å². The summed E-state index contributed by atoms with van der Waals surface area (Å²) in [6.45, 7) is 0.716. The van der Waals surface area contributed by atoms with Gasteiger partial charge in [0.2, 0.25) is 11.8 Å². The highest BCUT2D eigenvalue weighted by Gasteiger charge is 2.32. The normalized spacial score (nSPS) is 14.3. The Bertz CT molecular complexity index is 918. The molecule has 1 aliphatic heterocycles. The van der Waals surface area contributed by atoms with E-state index in [2.05, 4.69) is 10.1 Å². The highest BCUT2D eigenvalue weighted by atomic mass is 19.4. The second-order valence-corrected chi connectivity index (χ2v) is 7.08. The van der Waals surface area contributed by atoms with Gasteiger partial charge in [0, 0.05) is 36.4 Å². The van der Waals surface area contributed by atoms with Crippen molar-refractivity contribution in [1.82, 2.24) is 4.90 Å². The van der Waals surface area contributed by atoms with E-state index in [4.69, 9.17) is 0 Å². The van der Waals surface area contributed by atoms with Crippen LogP contribution in [0.5, 0.6) is 5.75 Å². The minimum absolute atomic E-state index is 0.0345. The molecule has 1 N–H and O–H groups in total. The number of anilines is 2. The number of benzene rings is 2. The summed E-state index contributed by atoms with van der Waals surface area (Å²) in [6, 6.07) is 12.8. The summed E-state index contributed by atoms with van der Waals surface area (Å²) < 4.78 is 41.7. The maximum atomic E-state index is 12.6. The predicted molar refractivity (Wildman–Crippen MR) is 106 cm³/mol. The van der Waals surface area contributed by atoms with Crippen LogP contribution in [0.4, 0.5) is 24.5 Å². The summed E-state index contributed by atoms with van der Waals surface area (Å²) in [4.78, 5) is 27.5. The van der Waals surface area contributed by atoms with E-state index < -0.39 is 6.36 Å². The Hall–Kier alpha value is -3.07. The molecule has 1 heterocycles. The van der Waals surface area contributed by atoms with Gasteiger partial charge in [0.05, 0.1) is 6.54 Å². The Labute approximate surface area is 172 Å². The van der Waals surface area contributed by atoms with E-state index >= 15 is 0 Å². The van der Waals surface area contributed by atoms with Crippen molar-refractivity contribution >= 4 is 23.2 Å². The maximum absolute atomic E-state index is 12.6. The van der Waals surface area contributed by atoms with E-state index in [1.54, 1.807) is 41.1 Å². The lowest BCUT2D eigenvalue weighted by Gasteiger charge is -2.20. The first kappa shape index (κ1) is 21.6. The molecule has 1 aliphatic rings. The van der Waals surface area contributed by atoms with Crippen molar-refractivity contribution in [1.29, 1.82) is 0 Å². The number of rotatable bonds is 7. The SMILES string of the molecule is CN(CC(=O)Nc1cccc(N2CCCC2=O)c1)Cc1ccccc1OC(F)(F)F. The van der Waals surface area contributed by atoms with Gasteiger partial charge in [0.25, 0.3) is 0 Å². The van der Waals surface area contributed by atoms with Crippen molar-refractivity contribution in [3.05, 3.63) is 54.1 Å². The predicted octanol–water partition coefficient (Wildman–Crippen LogP) is 3.78. The van der Waals surface area contributed by atoms with Gasteiger partial charge < -0.3 is 15.0 Å². The monoisotopic (exact) mass is 421 g/mol. The summed E-state index contributed by atoms with van der Waals surface area (Å²) in [6.07, 6.45) is -3.46. The number of nitrogens with zero attached hydrogens (tertiary/aromatic N) is 2. The van der Waals surface area contributed by atoms with Gasteiger partial charge in [-0.05, 0) is 37.7 Å². The third kappa shape index (κ3) is 5.96. The number of halogens is 3. The highest BCUT2D eigenvalue weighted by molar-refractivity contribution is 5.97. The fourth-order valence-corrected chi connectivity index (χ4v) is 3.32. The van der Waals surface area contributed by atoms with Gasteiger partial charge in [-0.3, -0.25) is 14.5 Å².